The Morgan fingerprint density at radius 2 is 2.22 bits per heavy atom. The predicted molar refractivity (Wildman–Crippen MR) is 36.4 cm³/mol. The van der Waals surface area contributed by atoms with Gasteiger partial charge < -0.3 is 16.4 Å². The highest BCUT2D eigenvalue weighted by Gasteiger charge is 2.06. The van der Waals surface area contributed by atoms with Crippen molar-refractivity contribution in [3.05, 3.63) is 0 Å². The largest absolute Gasteiger partial charge is 0.370 e. The van der Waals surface area contributed by atoms with E-state index in [4.69, 9.17) is 16.4 Å². The molecule has 0 radical (unpaired) electrons. The van der Waals surface area contributed by atoms with Crippen molar-refractivity contribution in [2.75, 3.05) is 13.0 Å². The van der Waals surface area contributed by atoms with Gasteiger partial charge in [0.15, 0.2) is 5.96 Å². The van der Waals surface area contributed by atoms with Crippen LogP contribution in [0.25, 0.3) is 0 Å². The molecule has 0 aromatic rings. The van der Waals surface area contributed by atoms with E-state index in [1.807, 2.05) is 0 Å². The average molecular weight is 151 g/mol. The molecule has 1 atom stereocenters. The van der Waals surface area contributed by atoms with E-state index in [-0.39, 0.29) is 12.2 Å². The number of guanidine groups is 1. The maximum Gasteiger partial charge on any atom is 0.218 e. The molecule has 0 aliphatic carbocycles. The van der Waals surface area contributed by atoms with Crippen LogP contribution in [0.15, 0.2) is 4.99 Å². The third-order valence-electron chi connectivity index (χ3n) is 0.516. The van der Waals surface area contributed by atoms with Crippen LogP contribution in [-0.4, -0.2) is 23.8 Å². The molecule has 0 amide bonds. The first-order chi connectivity index (χ1) is 3.92. The third kappa shape index (κ3) is 7.46. The summed E-state index contributed by atoms with van der Waals surface area (Å²) in [6.45, 7) is 1.19. The van der Waals surface area contributed by atoms with E-state index in [1.165, 1.54) is 6.66 Å². The summed E-state index contributed by atoms with van der Waals surface area (Å²) in [5, 5.41) is 0. The Kier molecular flexibility index (Phi) is 2.67. The molecule has 0 aliphatic rings. The van der Waals surface area contributed by atoms with Crippen molar-refractivity contribution >= 4 is 13.3 Å². The first-order valence-electron chi connectivity index (χ1n) is 2.26. The highest BCUT2D eigenvalue weighted by Crippen LogP contribution is 2.34. The average Bonchev–Trinajstić information content (AvgIpc) is 1.59. The van der Waals surface area contributed by atoms with Crippen LogP contribution in [0.2, 0.25) is 0 Å². The number of hydrogen-bond acceptors (Lipinski definition) is 2. The molecule has 0 saturated carbocycles. The van der Waals surface area contributed by atoms with Gasteiger partial charge in [-0.05, 0) is 0 Å². The van der Waals surface area contributed by atoms with Gasteiger partial charge >= 0.3 is 0 Å². The van der Waals surface area contributed by atoms with Gasteiger partial charge in [0.2, 0.25) is 7.37 Å². The molecule has 5 nitrogen and oxygen atoms in total. The summed E-state index contributed by atoms with van der Waals surface area (Å²) in [5.41, 5.74) is 9.79. The zero-order chi connectivity index (χ0) is 7.49. The van der Waals surface area contributed by atoms with Crippen LogP contribution in [0.5, 0.6) is 0 Å². The Morgan fingerprint density at radius 3 is 2.33 bits per heavy atom. The summed E-state index contributed by atoms with van der Waals surface area (Å²) in [6.07, 6.45) is -0.199. The quantitative estimate of drug-likeness (QED) is 0.271. The van der Waals surface area contributed by atoms with Crippen molar-refractivity contribution < 1.29 is 9.46 Å². The molecule has 5 N–H and O–H groups in total. The molecular weight excluding hydrogens is 141 g/mol. The molecule has 0 rings (SSSR count). The topological polar surface area (TPSA) is 102 Å². The van der Waals surface area contributed by atoms with E-state index in [1.54, 1.807) is 0 Å². The molecule has 0 aromatic heterocycles. The van der Waals surface area contributed by atoms with Crippen LogP contribution < -0.4 is 11.5 Å². The minimum Gasteiger partial charge on any atom is -0.370 e. The number of aliphatic imine (C=N–C) groups is 1. The van der Waals surface area contributed by atoms with Crippen molar-refractivity contribution in [3.8, 4) is 0 Å². The summed E-state index contributed by atoms with van der Waals surface area (Å²) in [5.74, 6) is -0.161. The predicted octanol–water partition coefficient (Wildman–Crippen LogP) is -0.883. The van der Waals surface area contributed by atoms with Gasteiger partial charge in [-0.2, -0.15) is 0 Å². The van der Waals surface area contributed by atoms with Crippen molar-refractivity contribution in [3.63, 3.8) is 0 Å². The van der Waals surface area contributed by atoms with Crippen molar-refractivity contribution in [1.82, 2.24) is 0 Å². The van der Waals surface area contributed by atoms with Gasteiger partial charge in [-0.3, -0.25) is 4.57 Å². The number of hydrogen-bond donors (Lipinski definition) is 3. The zero-order valence-electron chi connectivity index (χ0n) is 5.11. The fraction of sp³-hybridized carbons (Fsp3) is 0.667. The molecule has 9 heavy (non-hydrogen) atoms. The van der Waals surface area contributed by atoms with Gasteiger partial charge in [-0.25, -0.2) is 4.99 Å². The first-order valence-corrected chi connectivity index (χ1v) is 4.56. The molecule has 0 fully saturated rings. The molecule has 1 unspecified atom stereocenters. The lowest BCUT2D eigenvalue weighted by atomic mass is 11.1. The second-order valence-electron chi connectivity index (χ2n) is 1.78. The normalized spacial score (nSPS) is 16.2. The number of rotatable bonds is 2. The highest BCUT2D eigenvalue weighted by molar-refractivity contribution is 7.57. The highest BCUT2D eigenvalue weighted by atomic mass is 31.2. The molecule has 0 bridgehead atoms. The van der Waals surface area contributed by atoms with E-state index in [9.17, 15) is 4.57 Å². The molecule has 0 heterocycles. The van der Waals surface area contributed by atoms with Gasteiger partial charge in [0.25, 0.3) is 0 Å². The Balaban J connectivity index is 3.79. The Hall–Kier alpha value is -0.540. The van der Waals surface area contributed by atoms with E-state index in [0.29, 0.717) is 0 Å². The zero-order valence-corrected chi connectivity index (χ0v) is 6.01. The van der Waals surface area contributed by atoms with Crippen molar-refractivity contribution in [2.24, 2.45) is 16.5 Å². The smallest absolute Gasteiger partial charge is 0.218 e. The SMILES string of the molecule is CP(=O)(O)CN=C(N)N. The first kappa shape index (κ1) is 8.46. The lowest BCUT2D eigenvalue weighted by Crippen LogP contribution is -2.22. The molecular formula is C3H10N3O2P. The summed E-state index contributed by atoms with van der Waals surface area (Å²) in [6, 6.07) is 0. The van der Waals surface area contributed by atoms with Gasteiger partial charge in [-0.15, -0.1) is 0 Å². The third-order valence-corrected chi connectivity index (χ3v) is 1.18. The van der Waals surface area contributed by atoms with Gasteiger partial charge in [-0.1, -0.05) is 0 Å². The minimum absolute atomic E-state index is 0.161. The molecule has 0 aliphatic heterocycles. The van der Waals surface area contributed by atoms with Crippen LogP contribution in [0.3, 0.4) is 0 Å². The monoisotopic (exact) mass is 151 g/mol. The standard InChI is InChI=1S/C3H10N3O2P/c1-9(7,8)2-6-3(4)5/h2H2,1H3,(H,7,8)(H4,4,5,6). The summed E-state index contributed by atoms with van der Waals surface area (Å²) < 4.78 is 10.5. The van der Waals surface area contributed by atoms with Gasteiger partial charge in [0.05, 0.1) is 0 Å². The van der Waals surface area contributed by atoms with Crippen LogP contribution in [0.4, 0.5) is 0 Å². The summed E-state index contributed by atoms with van der Waals surface area (Å²) in [4.78, 5) is 12.0. The number of nitrogens with two attached hydrogens (primary N) is 2. The molecule has 54 valence electrons. The van der Waals surface area contributed by atoms with Crippen LogP contribution in [0.1, 0.15) is 0 Å². The van der Waals surface area contributed by atoms with E-state index < -0.39 is 7.37 Å². The second-order valence-corrected chi connectivity index (χ2v) is 4.16. The lowest BCUT2D eigenvalue weighted by Gasteiger charge is -1.98. The summed E-state index contributed by atoms with van der Waals surface area (Å²) in [7, 11) is -3.07. The Morgan fingerprint density at radius 1 is 1.78 bits per heavy atom. The summed E-state index contributed by atoms with van der Waals surface area (Å²) >= 11 is 0. The van der Waals surface area contributed by atoms with Gasteiger partial charge in [0.1, 0.15) is 6.29 Å². The number of nitrogens with zero attached hydrogens (tertiary/aromatic N) is 1. The molecule has 0 saturated heterocycles. The maximum atomic E-state index is 10.5. The fourth-order valence-electron chi connectivity index (χ4n) is 0.213. The minimum atomic E-state index is -3.07. The van der Waals surface area contributed by atoms with Crippen LogP contribution >= 0.6 is 7.37 Å². The fourth-order valence-corrected chi connectivity index (χ4v) is 0.639. The van der Waals surface area contributed by atoms with Crippen molar-refractivity contribution in [2.45, 2.75) is 0 Å². The maximum absolute atomic E-state index is 10.5. The van der Waals surface area contributed by atoms with E-state index >= 15 is 0 Å². The van der Waals surface area contributed by atoms with Crippen LogP contribution in [-0.2, 0) is 4.57 Å². The molecule has 0 aromatic carbocycles. The second kappa shape index (κ2) is 2.85. The van der Waals surface area contributed by atoms with Crippen molar-refractivity contribution in [1.29, 1.82) is 0 Å². The molecule has 6 heteroatoms. The van der Waals surface area contributed by atoms with E-state index in [2.05, 4.69) is 4.99 Å². The Bertz CT molecular complexity index is 156. The Labute approximate surface area is 53.2 Å². The van der Waals surface area contributed by atoms with E-state index in [0.717, 1.165) is 0 Å². The molecule has 0 spiro atoms. The van der Waals surface area contributed by atoms with Crippen LogP contribution in [0, 0.1) is 0 Å². The van der Waals surface area contributed by atoms with Gasteiger partial charge in [0, 0.05) is 6.66 Å². The lowest BCUT2D eigenvalue weighted by molar-refractivity contribution is 0.485.